The fourth-order valence-electron chi connectivity index (χ4n) is 1.66. The molecule has 100 valence electrons. The number of hydrogen-bond donors (Lipinski definition) is 1. The molecule has 4 heteroatoms. The van der Waals surface area contributed by atoms with Crippen LogP contribution in [0.5, 0.6) is 17.4 Å². The molecule has 2 N–H and O–H groups in total. The summed E-state index contributed by atoms with van der Waals surface area (Å²) in [7, 11) is 0. The Balaban J connectivity index is 2.10. The van der Waals surface area contributed by atoms with E-state index in [1.54, 1.807) is 6.20 Å². The van der Waals surface area contributed by atoms with Gasteiger partial charge in [0.05, 0.1) is 6.61 Å². The number of hydrogen-bond acceptors (Lipinski definition) is 4. The van der Waals surface area contributed by atoms with E-state index in [0.717, 1.165) is 17.1 Å². The Morgan fingerprint density at radius 1 is 1.16 bits per heavy atom. The summed E-state index contributed by atoms with van der Waals surface area (Å²) in [6.45, 7) is 4.53. The zero-order valence-corrected chi connectivity index (χ0v) is 11.2. The number of pyridine rings is 1. The normalized spacial score (nSPS) is 11.9. The summed E-state index contributed by atoms with van der Waals surface area (Å²) >= 11 is 0. The Kier molecular flexibility index (Phi) is 4.36. The minimum absolute atomic E-state index is 0.0364. The number of aromatic nitrogens is 1. The smallest absolute Gasteiger partial charge is 0.219 e. The van der Waals surface area contributed by atoms with E-state index < -0.39 is 0 Å². The molecule has 0 aliphatic rings. The average Bonchev–Trinajstić information content (AvgIpc) is 2.42. The van der Waals surface area contributed by atoms with Crippen LogP contribution < -0.4 is 15.2 Å². The number of benzene rings is 1. The molecule has 0 bridgehead atoms. The van der Waals surface area contributed by atoms with Crippen molar-refractivity contribution in [1.82, 2.24) is 4.98 Å². The molecule has 0 fully saturated rings. The molecule has 0 saturated carbocycles. The predicted molar refractivity (Wildman–Crippen MR) is 74.5 cm³/mol. The van der Waals surface area contributed by atoms with E-state index in [2.05, 4.69) is 4.98 Å². The van der Waals surface area contributed by atoms with E-state index in [9.17, 15) is 0 Å². The standard InChI is InChI=1S/C15H18N2O2/c1-3-18-13-4-6-14(7-5-13)19-15-10-12(11(2)16)8-9-17-15/h4-11H,3,16H2,1-2H3/t11-/m0/s1. The average molecular weight is 258 g/mol. The molecule has 4 nitrogen and oxygen atoms in total. The third kappa shape index (κ3) is 3.69. The topological polar surface area (TPSA) is 57.4 Å². The summed E-state index contributed by atoms with van der Waals surface area (Å²) in [5.74, 6) is 2.09. The molecule has 0 amide bonds. The first-order valence-electron chi connectivity index (χ1n) is 6.31. The van der Waals surface area contributed by atoms with Crippen LogP contribution in [0.1, 0.15) is 25.5 Å². The van der Waals surface area contributed by atoms with Crippen molar-refractivity contribution in [3.8, 4) is 17.4 Å². The number of ether oxygens (including phenoxy) is 2. The molecule has 1 aromatic heterocycles. The van der Waals surface area contributed by atoms with Gasteiger partial charge in [0.25, 0.3) is 0 Å². The van der Waals surface area contributed by atoms with E-state index >= 15 is 0 Å². The van der Waals surface area contributed by atoms with E-state index in [-0.39, 0.29) is 6.04 Å². The minimum atomic E-state index is -0.0364. The van der Waals surface area contributed by atoms with Crippen LogP contribution in [0.15, 0.2) is 42.6 Å². The Hall–Kier alpha value is -2.07. The number of nitrogens with zero attached hydrogens (tertiary/aromatic N) is 1. The Morgan fingerprint density at radius 3 is 2.47 bits per heavy atom. The Labute approximate surface area is 113 Å². The van der Waals surface area contributed by atoms with Crippen LogP contribution in [0.25, 0.3) is 0 Å². The third-order valence-corrected chi connectivity index (χ3v) is 2.64. The SMILES string of the molecule is CCOc1ccc(Oc2cc([C@H](C)N)ccn2)cc1. The van der Waals surface area contributed by atoms with Crippen LogP contribution >= 0.6 is 0 Å². The highest BCUT2D eigenvalue weighted by molar-refractivity contribution is 5.34. The molecule has 2 rings (SSSR count). The number of nitrogens with two attached hydrogens (primary N) is 1. The molecule has 0 aliphatic heterocycles. The largest absolute Gasteiger partial charge is 0.494 e. The highest BCUT2D eigenvalue weighted by Crippen LogP contribution is 2.23. The van der Waals surface area contributed by atoms with Crippen LogP contribution in [0.3, 0.4) is 0 Å². The third-order valence-electron chi connectivity index (χ3n) is 2.64. The maximum Gasteiger partial charge on any atom is 0.219 e. The minimum Gasteiger partial charge on any atom is -0.494 e. The lowest BCUT2D eigenvalue weighted by atomic mass is 10.1. The second-order valence-corrected chi connectivity index (χ2v) is 4.22. The monoisotopic (exact) mass is 258 g/mol. The molecule has 0 spiro atoms. The quantitative estimate of drug-likeness (QED) is 0.894. The highest BCUT2D eigenvalue weighted by Gasteiger charge is 2.04. The zero-order valence-electron chi connectivity index (χ0n) is 11.2. The summed E-state index contributed by atoms with van der Waals surface area (Å²) in [5.41, 5.74) is 6.83. The second kappa shape index (κ2) is 6.20. The fourth-order valence-corrected chi connectivity index (χ4v) is 1.66. The van der Waals surface area contributed by atoms with Gasteiger partial charge in [-0.3, -0.25) is 0 Å². The first-order valence-corrected chi connectivity index (χ1v) is 6.31. The van der Waals surface area contributed by atoms with Gasteiger partial charge in [0.15, 0.2) is 0 Å². The van der Waals surface area contributed by atoms with Gasteiger partial charge in [-0.2, -0.15) is 0 Å². The Bertz CT molecular complexity index is 524. The van der Waals surface area contributed by atoms with Crippen molar-refractivity contribution < 1.29 is 9.47 Å². The lowest BCUT2D eigenvalue weighted by Gasteiger charge is -2.09. The van der Waals surface area contributed by atoms with Gasteiger partial charge in [-0.15, -0.1) is 0 Å². The molecular weight excluding hydrogens is 240 g/mol. The number of rotatable bonds is 5. The zero-order chi connectivity index (χ0) is 13.7. The molecule has 2 aromatic rings. The van der Waals surface area contributed by atoms with Gasteiger partial charge in [-0.1, -0.05) is 0 Å². The molecule has 0 unspecified atom stereocenters. The lowest BCUT2D eigenvalue weighted by Crippen LogP contribution is -2.05. The van der Waals surface area contributed by atoms with E-state index in [0.29, 0.717) is 12.5 Å². The Morgan fingerprint density at radius 2 is 1.84 bits per heavy atom. The second-order valence-electron chi connectivity index (χ2n) is 4.22. The van der Waals surface area contributed by atoms with Gasteiger partial charge in [-0.25, -0.2) is 4.98 Å². The van der Waals surface area contributed by atoms with Crippen molar-refractivity contribution in [1.29, 1.82) is 0 Å². The van der Waals surface area contributed by atoms with Crippen LogP contribution in [0.2, 0.25) is 0 Å². The predicted octanol–water partition coefficient (Wildman–Crippen LogP) is 3.29. The van der Waals surface area contributed by atoms with Crippen LogP contribution in [-0.4, -0.2) is 11.6 Å². The molecule has 1 atom stereocenters. The maximum atomic E-state index is 5.83. The molecule has 19 heavy (non-hydrogen) atoms. The van der Waals surface area contributed by atoms with Gasteiger partial charge < -0.3 is 15.2 Å². The van der Waals surface area contributed by atoms with Crippen LogP contribution in [0, 0.1) is 0 Å². The highest BCUT2D eigenvalue weighted by atomic mass is 16.5. The van der Waals surface area contributed by atoms with Crippen molar-refractivity contribution in [2.45, 2.75) is 19.9 Å². The molecule has 0 aliphatic carbocycles. The van der Waals surface area contributed by atoms with Crippen LogP contribution in [0.4, 0.5) is 0 Å². The van der Waals surface area contributed by atoms with E-state index in [4.69, 9.17) is 15.2 Å². The summed E-state index contributed by atoms with van der Waals surface area (Å²) < 4.78 is 11.1. The lowest BCUT2D eigenvalue weighted by molar-refractivity contribution is 0.339. The van der Waals surface area contributed by atoms with Gasteiger partial charge in [-0.05, 0) is 49.7 Å². The molecule has 1 heterocycles. The summed E-state index contributed by atoms with van der Waals surface area (Å²) in [6, 6.07) is 11.1. The van der Waals surface area contributed by atoms with Gasteiger partial charge in [0.2, 0.25) is 5.88 Å². The fraction of sp³-hybridized carbons (Fsp3) is 0.267. The van der Waals surface area contributed by atoms with Gasteiger partial charge in [0.1, 0.15) is 11.5 Å². The molecular formula is C15H18N2O2. The van der Waals surface area contributed by atoms with Crippen LogP contribution in [-0.2, 0) is 0 Å². The van der Waals surface area contributed by atoms with Crippen molar-refractivity contribution in [3.63, 3.8) is 0 Å². The van der Waals surface area contributed by atoms with E-state index in [1.165, 1.54) is 0 Å². The summed E-state index contributed by atoms with van der Waals surface area (Å²) in [5, 5.41) is 0. The van der Waals surface area contributed by atoms with Crippen molar-refractivity contribution in [3.05, 3.63) is 48.2 Å². The van der Waals surface area contributed by atoms with Crippen molar-refractivity contribution >= 4 is 0 Å². The van der Waals surface area contributed by atoms with Gasteiger partial charge >= 0.3 is 0 Å². The first kappa shape index (κ1) is 13.4. The molecule has 0 radical (unpaired) electrons. The van der Waals surface area contributed by atoms with Gasteiger partial charge in [0, 0.05) is 18.3 Å². The maximum absolute atomic E-state index is 5.83. The first-order chi connectivity index (χ1) is 9.19. The molecule has 0 saturated heterocycles. The summed E-state index contributed by atoms with van der Waals surface area (Å²) in [4.78, 5) is 4.17. The van der Waals surface area contributed by atoms with Crippen molar-refractivity contribution in [2.24, 2.45) is 5.73 Å². The summed E-state index contributed by atoms with van der Waals surface area (Å²) in [6.07, 6.45) is 1.70. The van der Waals surface area contributed by atoms with Crippen molar-refractivity contribution in [2.75, 3.05) is 6.61 Å². The molecule has 1 aromatic carbocycles. The van der Waals surface area contributed by atoms with E-state index in [1.807, 2.05) is 50.2 Å².